The Morgan fingerprint density at radius 2 is 2.00 bits per heavy atom. The minimum atomic E-state index is 0.875. The van der Waals surface area contributed by atoms with E-state index in [0.717, 1.165) is 11.8 Å². The van der Waals surface area contributed by atoms with Gasteiger partial charge in [0.25, 0.3) is 0 Å². The summed E-state index contributed by atoms with van der Waals surface area (Å²) in [6.07, 6.45) is 4.18. The van der Waals surface area contributed by atoms with Crippen molar-refractivity contribution in [2.75, 3.05) is 24.6 Å². The van der Waals surface area contributed by atoms with Gasteiger partial charge in [-0.25, -0.2) is 0 Å². The van der Waals surface area contributed by atoms with Crippen LogP contribution in [0.4, 0.5) is 0 Å². The molecule has 0 aromatic carbocycles. The van der Waals surface area contributed by atoms with Gasteiger partial charge >= 0.3 is 0 Å². The van der Waals surface area contributed by atoms with Gasteiger partial charge in [0.2, 0.25) is 0 Å². The third-order valence-corrected chi connectivity index (χ3v) is 3.88. The van der Waals surface area contributed by atoms with Gasteiger partial charge < -0.3 is 5.32 Å². The van der Waals surface area contributed by atoms with Crippen LogP contribution in [0.1, 0.15) is 33.1 Å². The molecule has 1 aliphatic rings. The quantitative estimate of drug-likeness (QED) is 0.687. The molecule has 1 rings (SSSR count). The smallest absolute Gasteiger partial charge is 0.00382 e. The summed E-state index contributed by atoms with van der Waals surface area (Å²) in [6, 6.07) is 0. The van der Waals surface area contributed by atoms with E-state index in [9.17, 15) is 0 Å². The van der Waals surface area contributed by atoms with Gasteiger partial charge in [-0.2, -0.15) is 11.8 Å². The first-order chi connectivity index (χ1) is 6.29. The predicted molar refractivity (Wildman–Crippen MR) is 62.4 cm³/mol. The Balaban J connectivity index is 1.92. The fourth-order valence-corrected chi connectivity index (χ4v) is 3.09. The predicted octanol–water partition coefficient (Wildman–Crippen LogP) is 2.77. The number of nitrogens with one attached hydrogen (secondary N) is 1. The molecular weight excluding hydrogens is 178 g/mol. The van der Waals surface area contributed by atoms with Crippen LogP contribution in [0.2, 0.25) is 0 Å². The van der Waals surface area contributed by atoms with Crippen molar-refractivity contribution >= 4 is 11.8 Å². The molecule has 0 spiro atoms. The van der Waals surface area contributed by atoms with Crippen molar-refractivity contribution < 1.29 is 0 Å². The maximum absolute atomic E-state index is 3.41. The normalized spacial score (nSPS) is 19.6. The lowest BCUT2D eigenvalue weighted by Crippen LogP contribution is -2.28. The summed E-state index contributed by atoms with van der Waals surface area (Å²) in [5.74, 6) is 4.63. The zero-order valence-corrected chi connectivity index (χ0v) is 9.83. The van der Waals surface area contributed by atoms with Gasteiger partial charge in [0.05, 0.1) is 0 Å². The highest BCUT2D eigenvalue weighted by Gasteiger charge is 2.12. The van der Waals surface area contributed by atoms with Crippen LogP contribution < -0.4 is 5.32 Å². The summed E-state index contributed by atoms with van der Waals surface area (Å²) in [6.45, 7) is 7.11. The summed E-state index contributed by atoms with van der Waals surface area (Å²) in [4.78, 5) is 0. The van der Waals surface area contributed by atoms with Gasteiger partial charge in [0, 0.05) is 0 Å². The van der Waals surface area contributed by atoms with E-state index < -0.39 is 0 Å². The molecule has 2 heteroatoms. The van der Waals surface area contributed by atoms with Crippen molar-refractivity contribution in [1.29, 1.82) is 0 Å². The number of hydrogen-bond acceptors (Lipinski definition) is 2. The summed E-state index contributed by atoms with van der Waals surface area (Å²) < 4.78 is 0. The highest BCUT2D eigenvalue weighted by atomic mass is 32.2. The highest BCUT2D eigenvalue weighted by molar-refractivity contribution is 7.99. The van der Waals surface area contributed by atoms with Gasteiger partial charge in [-0.15, -0.1) is 0 Å². The Labute approximate surface area is 87.1 Å². The molecule has 0 unspecified atom stereocenters. The fraction of sp³-hybridized carbons (Fsp3) is 1.00. The topological polar surface area (TPSA) is 12.0 Å². The minimum Gasteiger partial charge on any atom is -0.317 e. The van der Waals surface area contributed by atoms with E-state index in [1.807, 2.05) is 0 Å². The third-order valence-electron chi connectivity index (χ3n) is 2.65. The van der Waals surface area contributed by atoms with Crippen molar-refractivity contribution in [1.82, 2.24) is 5.32 Å². The molecule has 0 aromatic heterocycles. The maximum Gasteiger partial charge on any atom is -0.00382 e. The molecule has 13 heavy (non-hydrogen) atoms. The molecular formula is C11H23NS. The van der Waals surface area contributed by atoms with Crippen LogP contribution in [0.3, 0.4) is 0 Å². The summed E-state index contributed by atoms with van der Waals surface area (Å²) in [5.41, 5.74) is 0. The molecule has 0 atom stereocenters. The van der Waals surface area contributed by atoms with Gasteiger partial charge in [-0.1, -0.05) is 13.8 Å². The number of hydrogen-bond donors (Lipinski definition) is 1. The van der Waals surface area contributed by atoms with Crippen molar-refractivity contribution in [3.05, 3.63) is 0 Å². The molecule has 0 aromatic rings. The van der Waals surface area contributed by atoms with Crippen molar-refractivity contribution in [2.24, 2.45) is 11.8 Å². The lowest BCUT2D eigenvalue weighted by molar-refractivity contribution is 0.407. The van der Waals surface area contributed by atoms with Gasteiger partial charge in [-0.3, -0.25) is 0 Å². The van der Waals surface area contributed by atoms with E-state index >= 15 is 0 Å². The first-order valence-corrected chi connectivity index (χ1v) is 6.73. The zero-order valence-electron chi connectivity index (χ0n) is 9.01. The SMILES string of the molecule is CC(C)CCSCC1CCNCC1. The van der Waals surface area contributed by atoms with E-state index in [2.05, 4.69) is 30.9 Å². The van der Waals surface area contributed by atoms with Crippen LogP contribution in [-0.4, -0.2) is 24.6 Å². The van der Waals surface area contributed by atoms with E-state index in [0.29, 0.717) is 0 Å². The molecule has 1 aliphatic heterocycles. The second-order valence-electron chi connectivity index (χ2n) is 4.45. The second kappa shape index (κ2) is 6.72. The molecule has 0 radical (unpaired) electrons. The molecule has 0 bridgehead atoms. The molecule has 78 valence electrons. The average molecular weight is 201 g/mol. The Morgan fingerprint density at radius 1 is 1.31 bits per heavy atom. The van der Waals surface area contributed by atoms with E-state index in [4.69, 9.17) is 0 Å². The van der Waals surface area contributed by atoms with Gasteiger partial charge in [0.1, 0.15) is 0 Å². The van der Waals surface area contributed by atoms with Crippen LogP contribution in [0.25, 0.3) is 0 Å². The molecule has 1 saturated heterocycles. The van der Waals surface area contributed by atoms with E-state index in [1.54, 1.807) is 0 Å². The summed E-state index contributed by atoms with van der Waals surface area (Å²) in [5, 5.41) is 3.41. The van der Waals surface area contributed by atoms with E-state index in [1.165, 1.54) is 43.9 Å². The van der Waals surface area contributed by atoms with Gasteiger partial charge in [0.15, 0.2) is 0 Å². The van der Waals surface area contributed by atoms with Crippen LogP contribution in [0.5, 0.6) is 0 Å². The number of rotatable bonds is 5. The van der Waals surface area contributed by atoms with Crippen molar-refractivity contribution in [3.8, 4) is 0 Å². The molecule has 1 heterocycles. The van der Waals surface area contributed by atoms with Crippen LogP contribution in [0, 0.1) is 11.8 Å². The van der Waals surface area contributed by atoms with Crippen molar-refractivity contribution in [2.45, 2.75) is 33.1 Å². The molecule has 0 amide bonds. The first-order valence-electron chi connectivity index (χ1n) is 5.57. The maximum atomic E-state index is 3.41. The Kier molecular flexibility index (Phi) is 5.88. The molecule has 1 fully saturated rings. The monoisotopic (exact) mass is 201 g/mol. The standard InChI is InChI=1S/C11H23NS/c1-10(2)5-8-13-9-11-3-6-12-7-4-11/h10-12H,3-9H2,1-2H3. The lowest BCUT2D eigenvalue weighted by atomic mass is 10.0. The minimum absolute atomic E-state index is 0.875. The molecule has 0 aliphatic carbocycles. The van der Waals surface area contributed by atoms with Crippen molar-refractivity contribution in [3.63, 3.8) is 0 Å². The summed E-state index contributed by atoms with van der Waals surface area (Å²) in [7, 11) is 0. The largest absolute Gasteiger partial charge is 0.317 e. The molecule has 1 N–H and O–H groups in total. The molecule has 1 nitrogen and oxygen atoms in total. The summed E-state index contributed by atoms with van der Waals surface area (Å²) >= 11 is 2.16. The Bertz CT molecular complexity index is 119. The van der Waals surface area contributed by atoms with Crippen LogP contribution >= 0.6 is 11.8 Å². The van der Waals surface area contributed by atoms with Gasteiger partial charge in [-0.05, 0) is 55.7 Å². The highest BCUT2D eigenvalue weighted by Crippen LogP contribution is 2.19. The lowest BCUT2D eigenvalue weighted by Gasteiger charge is -2.22. The fourth-order valence-electron chi connectivity index (χ4n) is 1.62. The average Bonchev–Trinajstić information content (AvgIpc) is 2.14. The first kappa shape index (κ1) is 11.4. The van der Waals surface area contributed by atoms with Crippen LogP contribution in [-0.2, 0) is 0 Å². The Hall–Kier alpha value is 0.310. The van der Waals surface area contributed by atoms with Crippen LogP contribution in [0.15, 0.2) is 0 Å². The Morgan fingerprint density at radius 3 is 2.62 bits per heavy atom. The number of thioether (sulfide) groups is 1. The second-order valence-corrected chi connectivity index (χ2v) is 5.60. The molecule has 0 saturated carbocycles. The number of piperidine rings is 1. The third kappa shape index (κ3) is 5.58. The zero-order chi connectivity index (χ0) is 9.52. The van der Waals surface area contributed by atoms with E-state index in [-0.39, 0.29) is 0 Å².